The molecule has 2 unspecified atom stereocenters. The molecule has 14 heavy (non-hydrogen) atoms. The summed E-state index contributed by atoms with van der Waals surface area (Å²) in [5.74, 6) is -0.860. The van der Waals surface area contributed by atoms with E-state index in [2.05, 4.69) is 5.32 Å². The number of nitrogens with two attached hydrogens (primary N) is 1. The monoisotopic (exact) mass is 192 g/mol. The molecule has 0 aliphatic carbocycles. The van der Waals surface area contributed by atoms with E-state index < -0.39 is 12.0 Å². The molecule has 1 heterocycles. The van der Waals surface area contributed by atoms with Gasteiger partial charge in [0, 0.05) is 11.7 Å². The summed E-state index contributed by atoms with van der Waals surface area (Å²) in [5, 5.41) is 11.9. The Balaban J connectivity index is 2.55. The predicted octanol–water partition coefficient (Wildman–Crippen LogP) is 1.06. The minimum atomic E-state index is -0.860. The molecule has 0 aromatic heterocycles. The molecule has 1 aromatic rings. The van der Waals surface area contributed by atoms with Crippen LogP contribution in [-0.4, -0.2) is 11.1 Å². The lowest BCUT2D eigenvalue weighted by molar-refractivity contribution is -0.139. The van der Waals surface area contributed by atoms with Crippen LogP contribution in [0, 0.1) is 0 Å². The molecule has 4 heteroatoms. The van der Waals surface area contributed by atoms with Gasteiger partial charge in [0.2, 0.25) is 0 Å². The Morgan fingerprint density at radius 1 is 1.57 bits per heavy atom. The van der Waals surface area contributed by atoms with Crippen molar-refractivity contribution in [1.29, 1.82) is 0 Å². The molecule has 1 aliphatic rings. The highest BCUT2D eigenvalue weighted by molar-refractivity contribution is 5.79. The van der Waals surface area contributed by atoms with Crippen LogP contribution < -0.4 is 11.1 Å². The standard InChI is InChI=1S/C10H12N2O2/c1-5-8-6(3-2-4-7(8)11)9(12-5)10(13)14/h2-5,9,12H,11H2,1H3,(H,13,14). The Morgan fingerprint density at radius 3 is 2.93 bits per heavy atom. The first-order chi connectivity index (χ1) is 6.61. The molecule has 0 fully saturated rings. The second kappa shape index (κ2) is 2.99. The van der Waals surface area contributed by atoms with Crippen molar-refractivity contribution in [3.8, 4) is 0 Å². The van der Waals surface area contributed by atoms with E-state index in [4.69, 9.17) is 10.8 Å². The third-order valence-electron chi connectivity index (χ3n) is 2.58. The molecule has 74 valence electrons. The van der Waals surface area contributed by atoms with Crippen molar-refractivity contribution >= 4 is 11.7 Å². The predicted molar refractivity (Wildman–Crippen MR) is 52.8 cm³/mol. The number of aliphatic carboxylic acids is 1. The number of hydrogen-bond donors (Lipinski definition) is 3. The highest BCUT2D eigenvalue weighted by Gasteiger charge is 2.33. The second-order valence-electron chi connectivity index (χ2n) is 3.51. The maximum absolute atomic E-state index is 10.9. The average Bonchev–Trinajstić information content (AvgIpc) is 2.45. The molecule has 2 atom stereocenters. The summed E-state index contributed by atoms with van der Waals surface area (Å²) in [6.45, 7) is 1.91. The van der Waals surface area contributed by atoms with Crippen LogP contribution in [0.5, 0.6) is 0 Å². The van der Waals surface area contributed by atoms with Gasteiger partial charge in [0.25, 0.3) is 0 Å². The molecule has 0 bridgehead atoms. The van der Waals surface area contributed by atoms with Crippen LogP contribution in [0.4, 0.5) is 5.69 Å². The molecule has 1 aliphatic heterocycles. The van der Waals surface area contributed by atoms with Crippen LogP contribution in [0.2, 0.25) is 0 Å². The molecule has 0 saturated heterocycles. The molecule has 0 saturated carbocycles. The summed E-state index contributed by atoms with van der Waals surface area (Å²) >= 11 is 0. The molecule has 1 aromatic carbocycles. The molecular weight excluding hydrogens is 180 g/mol. The van der Waals surface area contributed by atoms with Gasteiger partial charge in [-0.2, -0.15) is 0 Å². The zero-order chi connectivity index (χ0) is 10.3. The van der Waals surface area contributed by atoms with E-state index in [1.54, 1.807) is 18.2 Å². The number of rotatable bonds is 1. The number of carboxylic acids is 1. The van der Waals surface area contributed by atoms with E-state index in [-0.39, 0.29) is 6.04 Å². The third-order valence-corrected chi connectivity index (χ3v) is 2.58. The maximum atomic E-state index is 10.9. The van der Waals surface area contributed by atoms with Crippen LogP contribution in [0.25, 0.3) is 0 Å². The Hall–Kier alpha value is -1.55. The Bertz CT molecular complexity index is 390. The number of nitrogens with one attached hydrogen (secondary N) is 1. The topological polar surface area (TPSA) is 75.3 Å². The number of carbonyl (C=O) groups is 1. The van der Waals surface area contributed by atoms with Gasteiger partial charge in [0.15, 0.2) is 0 Å². The Morgan fingerprint density at radius 2 is 2.29 bits per heavy atom. The molecule has 0 spiro atoms. The maximum Gasteiger partial charge on any atom is 0.325 e. The van der Waals surface area contributed by atoms with Gasteiger partial charge < -0.3 is 10.8 Å². The fraction of sp³-hybridized carbons (Fsp3) is 0.300. The first-order valence-electron chi connectivity index (χ1n) is 4.48. The molecule has 0 amide bonds. The number of benzene rings is 1. The first kappa shape index (κ1) is 9.02. The minimum Gasteiger partial charge on any atom is -0.480 e. The number of fused-ring (bicyclic) bond motifs is 1. The van der Waals surface area contributed by atoms with Gasteiger partial charge in [-0.1, -0.05) is 12.1 Å². The Kier molecular flexibility index (Phi) is 1.93. The highest BCUT2D eigenvalue weighted by atomic mass is 16.4. The zero-order valence-corrected chi connectivity index (χ0v) is 7.82. The van der Waals surface area contributed by atoms with Crippen molar-refractivity contribution in [2.24, 2.45) is 0 Å². The molecule has 0 radical (unpaired) electrons. The summed E-state index contributed by atoms with van der Waals surface area (Å²) in [6, 6.07) is 4.77. The zero-order valence-electron chi connectivity index (χ0n) is 7.82. The number of anilines is 1. The van der Waals surface area contributed by atoms with Gasteiger partial charge in [0.1, 0.15) is 6.04 Å². The quantitative estimate of drug-likeness (QED) is 0.581. The van der Waals surface area contributed by atoms with Gasteiger partial charge in [-0.05, 0) is 24.1 Å². The van der Waals surface area contributed by atoms with Crippen LogP contribution >= 0.6 is 0 Å². The van der Waals surface area contributed by atoms with Gasteiger partial charge in [-0.25, -0.2) is 0 Å². The van der Waals surface area contributed by atoms with Crippen molar-refractivity contribution < 1.29 is 9.90 Å². The lowest BCUT2D eigenvalue weighted by Crippen LogP contribution is -2.23. The summed E-state index contributed by atoms with van der Waals surface area (Å²) in [6.07, 6.45) is 0. The van der Waals surface area contributed by atoms with E-state index in [0.29, 0.717) is 5.69 Å². The van der Waals surface area contributed by atoms with Crippen LogP contribution in [0.15, 0.2) is 18.2 Å². The van der Waals surface area contributed by atoms with Crippen molar-refractivity contribution in [3.63, 3.8) is 0 Å². The van der Waals surface area contributed by atoms with Crippen LogP contribution in [-0.2, 0) is 4.79 Å². The normalized spacial score (nSPS) is 24.6. The third kappa shape index (κ3) is 1.15. The smallest absolute Gasteiger partial charge is 0.325 e. The van der Waals surface area contributed by atoms with E-state index in [9.17, 15) is 4.79 Å². The number of hydrogen-bond acceptors (Lipinski definition) is 3. The van der Waals surface area contributed by atoms with Crippen molar-refractivity contribution in [1.82, 2.24) is 5.32 Å². The fourth-order valence-electron chi connectivity index (χ4n) is 1.98. The molecular formula is C10H12N2O2. The van der Waals surface area contributed by atoms with E-state index in [0.717, 1.165) is 11.1 Å². The molecule has 2 rings (SSSR count). The van der Waals surface area contributed by atoms with Crippen LogP contribution in [0.3, 0.4) is 0 Å². The largest absolute Gasteiger partial charge is 0.480 e. The number of carboxylic acid groups (broad SMARTS) is 1. The summed E-state index contributed by atoms with van der Waals surface area (Å²) in [7, 11) is 0. The van der Waals surface area contributed by atoms with Gasteiger partial charge >= 0.3 is 5.97 Å². The van der Waals surface area contributed by atoms with Crippen molar-refractivity contribution in [2.75, 3.05) is 5.73 Å². The fourth-order valence-corrected chi connectivity index (χ4v) is 1.98. The number of nitrogen functional groups attached to an aromatic ring is 1. The van der Waals surface area contributed by atoms with E-state index in [1.165, 1.54) is 0 Å². The van der Waals surface area contributed by atoms with Crippen molar-refractivity contribution in [2.45, 2.75) is 19.0 Å². The second-order valence-corrected chi connectivity index (χ2v) is 3.51. The van der Waals surface area contributed by atoms with Crippen molar-refractivity contribution in [3.05, 3.63) is 29.3 Å². The first-order valence-corrected chi connectivity index (χ1v) is 4.48. The summed E-state index contributed by atoms with van der Waals surface area (Å²) in [5.41, 5.74) is 8.15. The molecule has 4 N–H and O–H groups in total. The molecule has 4 nitrogen and oxygen atoms in total. The summed E-state index contributed by atoms with van der Waals surface area (Å²) < 4.78 is 0. The van der Waals surface area contributed by atoms with E-state index in [1.807, 2.05) is 6.92 Å². The minimum absolute atomic E-state index is 0.00676. The lowest BCUT2D eigenvalue weighted by atomic mass is 10.0. The van der Waals surface area contributed by atoms with Gasteiger partial charge in [-0.3, -0.25) is 10.1 Å². The Labute approximate surface area is 81.7 Å². The highest BCUT2D eigenvalue weighted by Crippen LogP contribution is 2.36. The lowest BCUT2D eigenvalue weighted by Gasteiger charge is -2.06. The van der Waals surface area contributed by atoms with Gasteiger partial charge in [0.05, 0.1) is 0 Å². The van der Waals surface area contributed by atoms with E-state index >= 15 is 0 Å². The van der Waals surface area contributed by atoms with Gasteiger partial charge in [-0.15, -0.1) is 0 Å². The summed E-state index contributed by atoms with van der Waals surface area (Å²) in [4.78, 5) is 10.9. The van der Waals surface area contributed by atoms with Crippen LogP contribution in [0.1, 0.15) is 30.1 Å². The average molecular weight is 192 g/mol. The SMILES string of the molecule is CC1NC(C(=O)O)c2cccc(N)c21.